The van der Waals surface area contributed by atoms with Gasteiger partial charge in [0.2, 0.25) is 10.0 Å². The molecule has 0 radical (unpaired) electrons. The molecule has 1 unspecified atom stereocenters. The SMILES string of the molecule is CCC(Oc1ccc(N(C)S(C)(=O)=O)cc1)C(=O)NCc1ccc(Cl)cc1Cl. The number of rotatable bonds is 8. The van der Waals surface area contributed by atoms with Crippen LogP contribution in [0.4, 0.5) is 5.69 Å². The Bertz CT molecular complexity index is 933. The Morgan fingerprint density at radius 2 is 1.82 bits per heavy atom. The lowest BCUT2D eigenvalue weighted by Crippen LogP contribution is -2.37. The van der Waals surface area contributed by atoms with Gasteiger partial charge >= 0.3 is 0 Å². The predicted octanol–water partition coefficient (Wildman–Crippen LogP) is 3.86. The minimum atomic E-state index is -3.34. The van der Waals surface area contributed by atoms with Gasteiger partial charge in [0.1, 0.15) is 5.75 Å². The highest BCUT2D eigenvalue weighted by molar-refractivity contribution is 7.92. The van der Waals surface area contributed by atoms with Gasteiger partial charge in [-0.2, -0.15) is 0 Å². The van der Waals surface area contributed by atoms with Crippen molar-refractivity contribution in [1.82, 2.24) is 5.32 Å². The second kappa shape index (κ2) is 9.49. The van der Waals surface area contributed by atoms with Crippen molar-refractivity contribution < 1.29 is 17.9 Å². The highest BCUT2D eigenvalue weighted by atomic mass is 35.5. The van der Waals surface area contributed by atoms with Gasteiger partial charge in [0, 0.05) is 23.6 Å². The third-order valence-corrected chi connectivity index (χ3v) is 5.90. The first kappa shape index (κ1) is 22.3. The molecule has 0 saturated heterocycles. The van der Waals surface area contributed by atoms with E-state index in [9.17, 15) is 13.2 Å². The number of benzene rings is 2. The van der Waals surface area contributed by atoms with Crippen LogP contribution in [0.2, 0.25) is 10.0 Å². The summed E-state index contributed by atoms with van der Waals surface area (Å²) in [5.74, 6) is 0.197. The molecule has 0 aliphatic carbocycles. The Balaban J connectivity index is 2.00. The molecular weight excluding hydrogens is 423 g/mol. The van der Waals surface area contributed by atoms with Gasteiger partial charge in [-0.15, -0.1) is 0 Å². The van der Waals surface area contributed by atoms with Crippen molar-refractivity contribution in [3.8, 4) is 5.75 Å². The highest BCUT2D eigenvalue weighted by Gasteiger charge is 2.19. The number of sulfonamides is 1. The Kier molecular flexibility index (Phi) is 7.57. The maximum Gasteiger partial charge on any atom is 0.261 e. The summed E-state index contributed by atoms with van der Waals surface area (Å²) in [6, 6.07) is 11.6. The summed E-state index contributed by atoms with van der Waals surface area (Å²) < 4.78 is 30.1. The van der Waals surface area contributed by atoms with Gasteiger partial charge < -0.3 is 10.1 Å². The molecule has 28 heavy (non-hydrogen) atoms. The van der Waals surface area contributed by atoms with Gasteiger partial charge in [0.15, 0.2) is 6.10 Å². The van der Waals surface area contributed by atoms with Crippen molar-refractivity contribution in [2.75, 3.05) is 17.6 Å². The van der Waals surface area contributed by atoms with Gasteiger partial charge in [-0.3, -0.25) is 9.10 Å². The fourth-order valence-electron chi connectivity index (χ4n) is 2.37. The largest absolute Gasteiger partial charge is 0.481 e. The lowest BCUT2D eigenvalue weighted by Gasteiger charge is -2.19. The molecule has 1 amide bonds. The van der Waals surface area contributed by atoms with Gasteiger partial charge in [-0.05, 0) is 48.4 Å². The van der Waals surface area contributed by atoms with Gasteiger partial charge in [0.05, 0.1) is 11.9 Å². The highest BCUT2D eigenvalue weighted by Crippen LogP contribution is 2.22. The first-order valence-corrected chi connectivity index (χ1v) is 11.1. The molecule has 2 rings (SSSR count). The molecule has 9 heteroatoms. The van der Waals surface area contributed by atoms with Crippen LogP contribution in [0, 0.1) is 0 Å². The molecule has 0 aromatic heterocycles. The summed E-state index contributed by atoms with van der Waals surface area (Å²) >= 11 is 12.0. The van der Waals surface area contributed by atoms with E-state index in [2.05, 4.69) is 5.32 Å². The van der Waals surface area contributed by atoms with Crippen LogP contribution in [0.15, 0.2) is 42.5 Å². The van der Waals surface area contributed by atoms with Crippen molar-refractivity contribution in [3.05, 3.63) is 58.1 Å². The zero-order valence-electron chi connectivity index (χ0n) is 15.8. The lowest BCUT2D eigenvalue weighted by atomic mass is 10.2. The van der Waals surface area contributed by atoms with E-state index in [1.54, 1.807) is 42.5 Å². The number of nitrogens with zero attached hydrogens (tertiary/aromatic N) is 1. The number of hydrogen-bond acceptors (Lipinski definition) is 4. The number of hydrogen-bond donors (Lipinski definition) is 1. The van der Waals surface area contributed by atoms with E-state index in [0.717, 1.165) is 16.1 Å². The summed E-state index contributed by atoms with van der Waals surface area (Å²) in [4.78, 5) is 12.4. The Morgan fingerprint density at radius 1 is 1.18 bits per heavy atom. The Hall–Kier alpha value is -1.96. The molecular formula is C19H22Cl2N2O4S. The van der Waals surface area contributed by atoms with Crippen LogP contribution in [0.1, 0.15) is 18.9 Å². The maximum absolute atomic E-state index is 12.4. The molecule has 152 valence electrons. The van der Waals surface area contributed by atoms with E-state index in [4.69, 9.17) is 27.9 Å². The maximum atomic E-state index is 12.4. The van der Waals surface area contributed by atoms with Crippen LogP contribution < -0.4 is 14.4 Å². The number of halogens is 2. The summed E-state index contributed by atoms with van der Waals surface area (Å²) in [7, 11) is -1.87. The van der Waals surface area contributed by atoms with Gasteiger partial charge in [-0.25, -0.2) is 8.42 Å². The van der Waals surface area contributed by atoms with E-state index in [0.29, 0.717) is 27.9 Å². The Labute approximate surface area is 175 Å². The standard InChI is InChI=1S/C19H22Cl2N2O4S/c1-4-18(19(24)22-12-13-5-6-14(20)11-17(13)21)27-16-9-7-15(8-10-16)23(2)28(3,25)26/h5-11,18H,4,12H2,1-3H3,(H,22,24). The summed E-state index contributed by atoms with van der Waals surface area (Å²) in [6.45, 7) is 2.10. The van der Waals surface area contributed by atoms with E-state index in [1.165, 1.54) is 7.05 Å². The number of carbonyl (C=O) groups excluding carboxylic acids is 1. The second-order valence-electron chi connectivity index (χ2n) is 6.19. The predicted molar refractivity (Wildman–Crippen MR) is 113 cm³/mol. The van der Waals surface area contributed by atoms with Crippen LogP contribution >= 0.6 is 23.2 Å². The summed E-state index contributed by atoms with van der Waals surface area (Å²) in [5.41, 5.74) is 1.26. The van der Waals surface area contributed by atoms with Crippen molar-refractivity contribution in [3.63, 3.8) is 0 Å². The number of amides is 1. The fraction of sp³-hybridized carbons (Fsp3) is 0.316. The average Bonchev–Trinajstić information content (AvgIpc) is 2.64. The Morgan fingerprint density at radius 3 is 2.36 bits per heavy atom. The van der Waals surface area contributed by atoms with E-state index >= 15 is 0 Å². The van der Waals surface area contributed by atoms with Crippen molar-refractivity contribution >= 4 is 44.8 Å². The number of nitrogens with one attached hydrogen (secondary N) is 1. The fourth-order valence-corrected chi connectivity index (χ4v) is 3.35. The third kappa shape index (κ3) is 6.02. The molecule has 0 heterocycles. The molecule has 1 atom stereocenters. The second-order valence-corrected chi connectivity index (χ2v) is 9.05. The van der Waals surface area contributed by atoms with Crippen molar-refractivity contribution in [1.29, 1.82) is 0 Å². The van der Waals surface area contributed by atoms with E-state index < -0.39 is 16.1 Å². The third-order valence-electron chi connectivity index (χ3n) is 4.11. The number of carbonyl (C=O) groups is 1. The molecule has 6 nitrogen and oxygen atoms in total. The molecule has 0 aliphatic rings. The molecule has 1 N–H and O–H groups in total. The van der Waals surface area contributed by atoms with E-state index in [1.807, 2.05) is 6.92 Å². The average molecular weight is 445 g/mol. The monoisotopic (exact) mass is 444 g/mol. The van der Waals surface area contributed by atoms with E-state index in [-0.39, 0.29) is 12.5 Å². The first-order valence-electron chi connectivity index (χ1n) is 8.54. The molecule has 0 saturated carbocycles. The van der Waals surface area contributed by atoms with Crippen LogP contribution in [0.25, 0.3) is 0 Å². The minimum absolute atomic E-state index is 0.257. The zero-order valence-corrected chi connectivity index (χ0v) is 18.1. The molecule has 2 aromatic rings. The molecule has 0 aliphatic heterocycles. The van der Waals surface area contributed by atoms with Crippen LogP contribution in [0.5, 0.6) is 5.75 Å². The van der Waals surface area contributed by atoms with Crippen molar-refractivity contribution in [2.24, 2.45) is 0 Å². The molecule has 0 fully saturated rings. The first-order chi connectivity index (χ1) is 13.1. The number of ether oxygens (including phenoxy) is 1. The normalized spacial score (nSPS) is 12.3. The van der Waals surface area contributed by atoms with Gasteiger partial charge in [-0.1, -0.05) is 36.2 Å². The minimum Gasteiger partial charge on any atom is -0.481 e. The zero-order chi connectivity index (χ0) is 20.9. The topological polar surface area (TPSA) is 75.7 Å². The number of anilines is 1. The smallest absolute Gasteiger partial charge is 0.261 e. The molecule has 0 bridgehead atoms. The summed E-state index contributed by atoms with van der Waals surface area (Å²) in [5, 5.41) is 3.81. The summed E-state index contributed by atoms with van der Waals surface area (Å²) in [6.07, 6.45) is 0.900. The lowest BCUT2D eigenvalue weighted by molar-refractivity contribution is -0.128. The van der Waals surface area contributed by atoms with Crippen LogP contribution in [-0.4, -0.2) is 33.7 Å². The molecule has 2 aromatic carbocycles. The van der Waals surface area contributed by atoms with Crippen LogP contribution in [-0.2, 0) is 21.4 Å². The molecule has 0 spiro atoms. The van der Waals surface area contributed by atoms with Gasteiger partial charge in [0.25, 0.3) is 5.91 Å². The van der Waals surface area contributed by atoms with Crippen LogP contribution in [0.3, 0.4) is 0 Å². The van der Waals surface area contributed by atoms with Crippen molar-refractivity contribution in [2.45, 2.75) is 26.0 Å². The quantitative estimate of drug-likeness (QED) is 0.670.